The van der Waals surface area contributed by atoms with Crippen LogP contribution in [0.3, 0.4) is 0 Å². The van der Waals surface area contributed by atoms with Gasteiger partial charge in [-0.15, -0.1) is 0 Å². The van der Waals surface area contributed by atoms with Crippen molar-refractivity contribution in [3.8, 4) is 0 Å². The van der Waals surface area contributed by atoms with Gasteiger partial charge in [-0.2, -0.15) is 0 Å². The largest absolute Gasteiger partial charge is 0.366 e. The standard InChI is InChI=1S/C25H21F5N2O/c1-2-3-4-6-13-9-10-14-18(11-13)32(17-8-5-7-15(19(14)17)25(31)33)12-16-20(26)22(28)24(30)23(29)21(16)27/h5,7-11H,2-4,6,12H2,1H3,(H2,31,33). The second-order valence-electron chi connectivity index (χ2n) is 8.01. The number of carbonyl (C=O) groups is 1. The molecule has 0 atom stereocenters. The van der Waals surface area contributed by atoms with E-state index in [1.54, 1.807) is 18.2 Å². The lowest BCUT2D eigenvalue weighted by molar-refractivity contribution is 0.100. The molecule has 0 spiro atoms. The maximum Gasteiger partial charge on any atom is 0.249 e. The van der Waals surface area contributed by atoms with E-state index >= 15 is 0 Å². The van der Waals surface area contributed by atoms with Gasteiger partial charge in [0, 0.05) is 27.4 Å². The molecule has 8 heteroatoms. The molecule has 3 nitrogen and oxygen atoms in total. The molecular weight excluding hydrogens is 439 g/mol. The molecule has 2 N–H and O–H groups in total. The fraction of sp³-hybridized carbons (Fsp3) is 0.240. The first-order chi connectivity index (χ1) is 15.8. The predicted octanol–water partition coefficient (Wildman–Crippen LogP) is 6.37. The third kappa shape index (κ3) is 3.83. The fourth-order valence-corrected chi connectivity index (χ4v) is 4.25. The number of primary amides is 1. The Morgan fingerprint density at radius 3 is 2.18 bits per heavy atom. The smallest absolute Gasteiger partial charge is 0.249 e. The van der Waals surface area contributed by atoms with Crippen LogP contribution in [0, 0.1) is 29.1 Å². The molecule has 0 saturated carbocycles. The number of benzene rings is 3. The molecule has 1 amide bonds. The molecule has 0 aliphatic rings. The second kappa shape index (κ2) is 8.84. The Hall–Kier alpha value is -3.42. The molecular formula is C25H21F5N2O. The Morgan fingerprint density at radius 2 is 1.55 bits per heavy atom. The van der Waals surface area contributed by atoms with Crippen molar-refractivity contribution < 1.29 is 26.7 Å². The number of nitrogens with two attached hydrogens (primary N) is 1. The van der Waals surface area contributed by atoms with Crippen LogP contribution >= 0.6 is 0 Å². The molecule has 33 heavy (non-hydrogen) atoms. The number of hydrogen-bond acceptors (Lipinski definition) is 1. The van der Waals surface area contributed by atoms with E-state index in [-0.39, 0.29) is 5.56 Å². The molecule has 0 bridgehead atoms. The van der Waals surface area contributed by atoms with E-state index in [9.17, 15) is 26.7 Å². The number of fused-ring (bicyclic) bond motifs is 3. The highest BCUT2D eigenvalue weighted by Gasteiger charge is 2.27. The summed E-state index contributed by atoms with van der Waals surface area (Å²) in [5.41, 5.74) is 6.65. The molecule has 0 aliphatic heterocycles. The third-order valence-electron chi connectivity index (χ3n) is 5.91. The van der Waals surface area contributed by atoms with Crippen molar-refractivity contribution >= 4 is 27.7 Å². The molecule has 0 fully saturated rings. The van der Waals surface area contributed by atoms with E-state index in [1.807, 2.05) is 12.1 Å². The average molecular weight is 460 g/mol. The van der Waals surface area contributed by atoms with Gasteiger partial charge in [-0.3, -0.25) is 4.79 Å². The Bertz CT molecular complexity index is 1360. The van der Waals surface area contributed by atoms with Gasteiger partial charge in [0.15, 0.2) is 23.3 Å². The number of aryl methyl sites for hydroxylation is 1. The van der Waals surface area contributed by atoms with Gasteiger partial charge >= 0.3 is 0 Å². The molecule has 172 valence electrons. The fourth-order valence-electron chi connectivity index (χ4n) is 4.25. The van der Waals surface area contributed by atoms with Crippen molar-refractivity contribution in [3.63, 3.8) is 0 Å². The van der Waals surface area contributed by atoms with Crippen molar-refractivity contribution in [3.05, 3.63) is 82.2 Å². The summed E-state index contributed by atoms with van der Waals surface area (Å²) in [6, 6.07) is 10.2. The highest BCUT2D eigenvalue weighted by atomic mass is 19.2. The van der Waals surface area contributed by atoms with Crippen LogP contribution in [0.2, 0.25) is 0 Å². The summed E-state index contributed by atoms with van der Waals surface area (Å²) in [7, 11) is 0. The SMILES string of the molecule is CCCCCc1ccc2c3c(C(N)=O)cccc3n(Cc3c(F)c(F)c(F)c(F)c3F)c2c1. The zero-order valence-electron chi connectivity index (χ0n) is 17.8. The predicted molar refractivity (Wildman–Crippen MR) is 117 cm³/mol. The maximum atomic E-state index is 14.5. The highest BCUT2D eigenvalue weighted by Crippen LogP contribution is 2.34. The molecule has 0 aliphatic carbocycles. The summed E-state index contributed by atoms with van der Waals surface area (Å²) in [5.74, 6) is -10.7. The Morgan fingerprint density at radius 1 is 0.879 bits per heavy atom. The van der Waals surface area contributed by atoms with Crippen molar-refractivity contribution in [2.45, 2.75) is 39.2 Å². The van der Waals surface area contributed by atoms with Crippen molar-refractivity contribution in [2.24, 2.45) is 5.73 Å². The molecule has 3 aromatic carbocycles. The summed E-state index contributed by atoms with van der Waals surface area (Å²) in [6.07, 6.45) is 3.76. The lowest BCUT2D eigenvalue weighted by Gasteiger charge is -2.12. The van der Waals surface area contributed by atoms with Gasteiger partial charge in [-0.25, -0.2) is 22.0 Å². The Kier molecular flexibility index (Phi) is 6.10. The minimum Gasteiger partial charge on any atom is -0.366 e. The van der Waals surface area contributed by atoms with Gasteiger partial charge in [0.05, 0.1) is 12.1 Å². The quantitative estimate of drug-likeness (QED) is 0.148. The lowest BCUT2D eigenvalue weighted by Crippen LogP contribution is -2.12. The van der Waals surface area contributed by atoms with Gasteiger partial charge in [0.1, 0.15) is 0 Å². The van der Waals surface area contributed by atoms with Crippen LogP contribution in [0.5, 0.6) is 0 Å². The Balaban J connectivity index is 1.99. The summed E-state index contributed by atoms with van der Waals surface area (Å²) in [6.45, 7) is 1.46. The summed E-state index contributed by atoms with van der Waals surface area (Å²) in [5, 5.41) is 1.06. The zero-order valence-corrected chi connectivity index (χ0v) is 17.8. The first-order valence-corrected chi connectivity index (χ1v) is 10.6. The van der Waals surface area contributed by atoms with Crippen molar-refractivity contribution in [1.29, 1.82) is 0 Å². The van der Waals surface area contributed by atoms with Gasteiger partial charge in [0.25, 0.3) is 0 Å². The number of unbranched alkanes of at least 4 members (excludes halogenated alkanes) is 2. The van der Waals surface area contributed by atoms with E-state index in [1.165, 1.54) is 10.6 Å². The third-order valence-corrected chi connectivity index (χ3v) is 5.91. The van der Waals surface area contributed by atoms with Crippen LogP contribution in [0.1, 0.15) is 47.7 Å². The van der Waals surface area contributed by atoms with Crippen LogP contribution in [0.15, 0.2) is 36.4 Å². The van der Waals surface area contributed by atoms with E-state index in [4.69, 9.17) is 5.73 Å². The monoisotopic (exact) mass is 460 g/mol. The Labute approximate surface area is 186 Å². The number of aromatic nitrogens is 1. The minimum atomic E-state index is -2.20. The molecule has 1 aromatic heterocycles. The van der Waals surface area contributed by atoms with Gasteiger partial charge in [-0.05, 0) is 36.6 Å². The van der Waals surface area contributed by atoms with E-state index in [0.29, 0.717) is 21.8 Å². The number of nitrogens with zero attached hydrogens (tertiary/aromatic N) is 1. The van der Waals surface area contributed by atoms with Crippen LogP contribution < -0.4 is 5.73 Å². The van der Waals surface area contributed by atoms with E-state index in [2.05, 4.69) is 6.92 Å². The lowest BCUT2D eigenvalue weighted by atomic mass is 10.0. The van der Waals surface area contributed by atoms with Gasteiger partial charge in [-0.1, -0.05) is 38.0 Å². The van der Waals surface area contributed by atoms with E-state index in [0.717, 1.165) is 31.2 Å². The number of rotatable bonds is 7. The van der Waals surface area contributed by atoms with E-state index < -0.39 is 47.1 Å². The first-order valence-electron chi connectivity index (χ1n) is 10.6. The van der Waals surface area contributed by atoms with Crippen molar-refractivity contribution in [2.75, 3.05) is 0 Å². The number of hydrogen-bond donors (Lipinski definition) is 1. The second-order valence-corrected chi connectivity index (χ2v) is 8.01. The normalized spacial score (nSPS) is 11.6. The van der Waals surface area contributed by atoms with Crippen LogP contribution in [-0.4, -0.2) is 10.5 Å². The summed E-state index contributed by atoms with van der Waals surface area (Å²) < 4.78 is 71.6. The number of carbonyl (C=O) groups excluding carboxylic acids is 1. The number of amides is 1. The maximum absolute atomic E-state index is 14.5. The molecule has 0 saturated heterocycles. The number of halogens is 5. The molecule has 4 aromatic rings. The van der Waals surface area contributed by atoms with Crippen molar-refractivity contribution in [1.82, 2.24) is 4.57 Å². The molecule has 0 unspecified atom stereocenters. The van der Waals surface area contributed by atoms with Gasteiger partial charge < -0.3 is 10.3 Å². The topological polar surface area (TPSA) is 48.0 Å². The molecule has 4 rings (SSSR count). The zero-order chi connectivity index (χ0) is 23.9. The summed E-state index contributed by atoms with van der Waals surface area (Å²) >= 11 is 0. The minimum absolute atomic E-state index is 0.201. The van der Waals surface area contributed by atoms with Gasteiger partial charge in [0.2, 0.25) is 11.7 Å². The average Bonchev–Trinajstić information content (AvgIpc) is 3.12. The van der Waals surface area contributed by atoms with Crippen LogP contribution in [0.4, 0.5) is 22.0 Å². The summed E-state index contributed by atoms with van der Waals surface area (Å²) in [4.78, 5) is 12.1. The first kappa shape index (κ1) is 22.8. The molecule has 1 heterocycles. The molecule has 0 radical (unpaired) electrons. The van der Waals surface area contributed by atoms with Crippen LogP contribution in [-0.2, 0) is 13.0 Å². The van der Waals surface area contributed by atoms with Crippen LogP contribution in [0.25, 0.3) is 21.8 Å². The highest BCUT2D eigenvalue weighted by molar-refractivity contribution is 6.18.